The van der Waals surface area contributed by atoms with Crippen molar-refractivity contribution in [2.45, 2.75) is 26.2 Å². The van der Waals surface area contributed by atoms with Gasteiger partial charge >= 0.3 is 0 Å². The molecule has 0 fully saturated rings. The van der Waals surface area contributed by atoms with Crippen LogP contribution in [0, 0.1) is 0 Å². The molecule has 4 nitrogen and oxygen atoms in total. The van der Waals surface area contributed by atoms with Crippen molar-refractivity contribution >= 4 is 16.8 Å². The molecule has 0 heterocycles. The van der Waals surface area contributed by atoms with Gasteiger partial charge in [-0.25, -0.2) is 4.21 Å². The molecule has 0 amide bonds. The van der Waals surface area contributed by atoms with Gasteiger partial charge in [-0.15, -0.1) is 0 Å². The Balaban J connectivity index is 2.72. The SMILES string of the molecule is CC(C)(C)c1ccc(N=NCS(=O)O)cc1. The van der Waals surface area contributed by atoms with Crippen LogP contribution in [-0.2, 0) is 16.5 Å². The quantitative estimate of drug-likeness (QED) is 0.651. The van der Waals surface area contributed by atoms with E-state index < -0.39 is 11.1 Å². The van der Waals surface area contributed by atoms with E-state index in [1.807, 2.05) is 24.3 Å². The number of hydrogen-bond donors (Lipinski definition) is 1. The Morgan fingerprint density at radius 2 is 1.81 bits per heavy atom. The van der Waals surface area contributed by atoms with Crippen molar-refractivity contribution in [3.05, 3.63) is 29.8 Å². The monoisotopic (exact) mass is 240 g/mol. The lowest BCUT2D eigenvalue weighted by Gasteiger charge is -2.18. The fourth-order valence-corrected chi connectivity index (χ4v) is 1.34. The van der Waals surface area contributed by atoms with Crippen LogP contribution in [0.3, 0.4) is 0 Å². The molecule has 0 radical (unpaired) electrons. The molecular formula is C11H16N2O2S. The Morgan fingerprint density at radius 1 is 1.25 bits per heavy atom. The zero-order valence-corrected chi connectivity index (χ0v) is 10.5. The van der Waals surface area contributed by atoms with E-state index in [1.54, 1.807) is 0 Å². The summed E-state index contributed by atoms with van der Waals surface area (Å²) in [7, 11) is 0. The van der Waals surface area contributed by atoms with Crippen molar-refractivity contribution in [1.82, 2.24) is 0 Å². The lowest BCUT2D eigenvalue weighted by Crippen LogP contribution is -2.10. The standard InChI is InChI=1S/C11H16N2O2S/c1-11(2,3)9-4-6-10(7-5-9)13-12-8-16(14)15/h4-7H,8H2,1-3H3,(H,14,15). The van der Waals surface area contributed by atoms with Crippen molar-refractivity contribution in [2.24, 2.45) is 10.2 Å². The van der Waals surface area contributed by atoms with Gasteiger partial charge in [0.1, 0.15) is 0 Å². The van der Waals surface area contributed by atoms with Crippen molar-refractivity contribution in [2.75, 3.05) is 5.88 Å². The zero-order chi connectivity index (χ0) is 12.2. The lowest BCUT2D eigenvalue weighted by atomic mass is 9.87. The molecule has 0 aromatic heterocycles. The minimum Gasteiger partial charge on any atom is -0.305 e. The van der Waals surface area contributed by atoms with Gasteiger partial charge in [0.15, 0.2) is 17.0 Å². The van der Waals surface area contributed by atoms with Crippen LogP contribution >= 0.6 is 0 Å². The molecular weight excluding hydrogens is 224 g/mol. The maximum atomic E-state index is 10.3. The molecule has 1 N–H and O–H groups in total. The van der Waals surface area contributed by atoms with Gasteiger partial charge in [-0.1, -0.05) is 32.9 Å². The Hall–Kier alpha value is -1.07. The highest BCUT2D eigenvalue weighted by Gasteiger charge is 2.12. The first-order valence-corrected chi connectivity index (χ1v) is 6.22. The summed E-state index contributed by atoms with van der Waals surface area (Å²) in [5, 5.41) is 7.45. The molecule has 0 aliphatic carbocycles. The first-order chi connectivity index (χ1) is 7.39. The van der Waals surface area contributed by atoms with E-state index in [0.29, 0.717) is 5.69 Å². The van der Waals surface area contributed by atoms with Gasteiger partial charge in [0.05, 0.1) is 5.69 Å². The number of benzene rings is 1. The highest BCUT2D eigenvalue weighted by Crippen LogP contribution is 2.24. The number of azo groups is 1. The van der Waals surface area contributed by atoms with E-state index in [0.717, 1.165) is 0 Å². The normalized spacial score (nSPS) is 14.2. The molecule has 0 bridgehead atoms. The summed E-state index contributed by atoms with van der Waals surface area (Å²) < 4.78 is 18.8. The first-order valence-electron chi connectivity index (χ1n) is 4.95. The molecule has 88 valence electrons. The summed E-state index contributed by atoms with van der Waals surface area (Å²) in [6, 6.07) is 7.68. The second-order valence-corrected chi connectivity index (χ2v) is 5.39. The van der Waals surface area contributed by atoms with Gasteiger partial charge in [-0.2, -0.15) is 10.2 Å². The molecule has 16 heavy (non-hydrogen) atoms. The molecule has 0 aliphatic heterocycles. The molecule has 0 saturated heterocycles. The third-order valence-corrected chi connectivity index (χ3v) is 2.42. The summed E-state index contributed by atoms with van der Waals surface area (Å²) in [4.78, 5) is 0. The van der Waals surface area contributed by atoms with E-state index in [9.17, 15) is 4.21 Å². The van der Waals surface area contributed by atoms with Crippen LogP contribution < -0.4 is 0 Å². The van der Waals surface area contributed by atoms with Crippen LogP contribution in [0.15, 0.2) is 34.5 Å². The van der Waals surface area contributed by atoms with Gasteiger partial charge in [0.2, 0.25) is 0 Å². The zero-order valence-electron chi connectivity index (χ0n) is 9.67. The summed E-state index contributed by atoms with van der Waals surface area (Å²) in [5.74, 6) is -0.180. The van der Waals surface area contributed by atoms with Crippen molar-refractivity contribution in [3.8, 4) is 0 Å². The predicted octanol–water partition coefficient (Wildman–Crippen LogP) is 3.25. The highest BCUT2D eigenvalue weighted by molar-refractivity contribution is 7.79. The molecule has 1 rings (SSSR count). The minimum atomic E-state index is -1.92. The first kappa shape index (κ1) is 13.0. The summed E-state index contributed by atoms with van der Waals surface area (Å²) >= 11 is -1.92. The predicted molar refractivity (Wildman–Crippen MR) is 65.3 cm³/mol. The largest absolute Gasteiger partial charge is 0.305 e. The Labute approximate surface area is 98.1 Å². The molecule has 5 heteroatoms. The van der Waals surface area contributed by atoms with E-state index in [2.05, 4.69) is 31.0 Å². The van der Waals surface area contributed by atoms with Gasteiger partial charge in [0, 0.05) is 0 Å². The molecule has 0 saturated carbocycles. The molecule has 0 aliphatic rings. The fraction of sp³-hybridized carbons (Fsp3) is 0.455. The van der Waals surface area contributed by atoms with Crippen molar-refractivity contribution in [3.63, 3.8) is 0 Å². The fourth-order valence-electron chi connectivity index (χ4n) is 1.19. The molecule has 0 spiro atoms. The van der Waals surface area contributed by atoms with Crippen LogP contribution in [0.25, 0.3) is 0 Å². The van der Waals surface area contributed by atoms with Gasteiger partial charge in [-0.3, -0.25) is 0 Å². The molecule has 1 unspecified atom stereocenters. The second-order valence-electron chi connectivity index (χ2n) is 4.49. The van der Waals surface area contributed by atoms with Gasteiger partial charge in [0.25, 0.3) is 0 Å². The number of nitrogens with zero attached hydrogens (tertiary/aromatic N) is 2. The smallest absolute Gasteiger partial charge is 0.177 e. The summed E-state index contributed by atoms with van der Waals surface area (Å²) in [5.41, 5.74) is 2.03. The van der Waals surface area contributed by atoms with E-state index in [1.165, 1.54) is 5.56 Å². The summed E-state index contributed by atoms with van der Waals surface area (Å²) in [6.45, 7) is 6.41. The second kappa shape index (κ2) is 5.32. The average molecular weight is 240 g/mol. The molecule has 1 aromatic rings. The third-order valence-electron chi connectivity index (χ3n) is 2.09. The Morgan fingerprint density at radius 3 is 2.25 bits per heavy atom. The van der Waals surface area contributed by atoms with Crippen LogP contribution in [-0.4, -0.2) is 14.6 Å². The van der Waals surface area contributed by atoms with Crippen LogP contribution in [0.4, 0.5) is 5.69 Å². The van der Waals surface area contributed by atoms with Crippen LogP contribution in [0.1, 0.15) is 26.3 Å². The topological polar surface area (TPSA) is 62.0 Å². The maximum absolute atomic E-state index is 10.3. The van der Waals surface area contributed by atoms with Crippen LogP contribution in [0.2, 0.25) is 0 Å². The van der Waals surface area contributed by atoms with Crippen molar-refractivity contribution < 1.29 is 8.76 Å². The summed E-state index contributed by atoms with van der Waals surface area (Å²) in [6.07, 6.45) is 0. The molecule has 1 aromatic carbocycles. The Kier molecular flexibility index (Phi) is 4.32. The average Bonchev–Trinajstić information content (AvgIpc) is 2.16. The van der Waals surface area contributed by atoms with Crippen molar-refractivity contribution in [1.29, 1.82) is 0 Å². The van der Waals surface area contributed by atoms with E-state index in [-0.39, 0.29) is 11.3 Å². The third kappa shape index (κ3) is 4.20. The Bertz CT molecular complexity index is 393. The van der Waals surface area contributed by atoms with Gasteiger partial charge in [-0.05, 0) is 23.1 Å². The maximum Gasteiger partial charge on any atom is 0.177 e. The van der Waals surface area contributed by atoms with Gasteiger partial charge < -0.3 is 4.55 Å². The van der Waals surface area contributed by atoms with Crippen LogP contribution in [0.5, 0.6) is 0 Å². The number of rotatable bonds is 3. The minimum absolute atomic E-state index is 0.113. The van der Waals surface area contributed by atoms with E-state index >= 15 is 0 Å². The molecule has 1 atom stereocenters. The highest BCUT2D eigenvalue weighted by atomic mass is 32.2. The lowest BCUT2D eigenvalue weighted by molar-refractivity contribution is 0.564. The number of hydrogen-bond acceptors (Lipinski definition) is 3. The van der Waals surface area contributed by atoms with E-state index in [4.69, 9.17) is 4.55 Å².